The van der Waals surface area contributed by atoms with Crippen LogP contribution in [0.5, 0.6) is 5.75 Å². The lowest BCUT2D eigenvalue weighted by atomic mass is 9.44. The van der Waals surface area contributed by atoms with E-state index in [1.165, 1.54) is 18.2 Å². The van der Waals surface area contributed by atoms with Gasteiger partial charge in [-0.3, -0.25) is 0 Å². The zero-order chi connectivity index (χ0) is 10.6. The summed E-state index contributed by atoms with van der Waals surface area (Å²) in [5.74, 6) is 0.841. The van der Waals surface area contributed by atoms with Crippen molar-refractivity contribution >= 4 is 17.9 Å². The first-order valence-corrected chi connectivity index (χ1v) is 5.13. The zero-order valence-electron chi connectivity index (χ0n) is 9.21. The van der Waals surface area contributed by atoms with Gasteiger partial charge in [-0.25, -0.2) is 0 Å². The molecule has 1 aromatic carbocycles. The summed E-state index contributed by atoms with van der Waals surface area (Å²) in [6, 6.07) is 5.95. The Labute approximate surface area is 86.5 Å². The van der Waals surface area contributed by atoms with Gasteiger partial charge in [0.15, 0.2) is 6.71 Å². The van der Waals surface area contributed by atoms with Crippen LogP contribution in [-0.4, -0.2) is 13.8 Å². The van der Waals surface area contributed by atoms with Crippen LogP contribution in [0.15, 0.2) is 18.2 Å². The van der Waals surface area contributed by atoms with Crippen LogP contribution in [0.2, 0.25) is 13.1 Å². The van der Waals surface area contributed by atoms with Gasteiger partial charge in [-0.15, -0.1) is 0 Å². The summed E-state index contributed by atoms with van der Waals surface area (Å²) in [6.07, 6.45) is 2.35. The fourth-order valence-electron chi connectivity index (χ4n) is 1.79. The summed E-state index contributed by atoms with van der Waals surface area (Å²) >= 11 is 0. The predicted molar refractivity (Wildman–Crippen MR) is 63.8 cm³/mol. The quantitative estimate of drug-likeness (QED) is 0.583. The second kappa shape index (κ2) is 4.94. The zero-order valence-corrected chi connectivity index (χ0v) is 9.21. The van der Waals surface area contributed by atoms with Crippen molar-refractivity contribution in [1.29, 1.82) is 0 Å². The number of methoxy groups -OCH3 is 1. The molecule has 0 aromatic heterocycles. The van der Waals surface area contributed by atoms with E-state index in [4.69, 9.17) is 10.5 Å². The van der Waals surface area contributed by atoms with Crippen LogP contribution in [0.3, 0.4) is 0 Å². The summed E-state index contributed by atoms with van der Waals surface area (Å²) < 4.78 is 5.32. The normalized spacial score (nSPS) is 9.93. The molecule has 1 aromatic rings. The Bertz CT molecular complexity index is 301. The van der Waals surface area contributed by atoms with Gasteiger partial charge in [-0.2, -0.15) is 0 Å². The van der Waals surface area contributed by atoms with Crippen LogP contribution in [0.4, 0.5) is 5.69 Å². The van der Waals surface area contributed by atoms with Gasteiger partial charge in [0.2, 0.25) is 0 Å². The van der Waals surface area contributed by atoms with Crippen molar-refractivity contribution in [2.45, 2.75) is 26.5 Å². The summed E-state index contributed by atoms with van der Waals surface area (Å²) in [7, 11) is 1.67. The summed E-state index contributed by atoms with van der Waals surface area (Å²) in [5, 5.41) is 0. The van der Waals surface area contributed by atoms with Gasteiger partial charge in [0, 0.05) is 0 Å². The van der Waals surface area contributed by atoms with Gasteiger partial charge < -0.3 is 10.5 Å². The maximum absolute atomic E-state index is 5.84. The van der Waals surface area contributed by atoms with Crippen LogP contribution in [0, 0.1) is 0 Å². The minimum Gasteiger partial charge on any atom is -0.495 e. The fraction of sp³-hybridized carbons (Fsp3) is 0.455. The van der Waals surface area contributed by atoms with Crippen LogP contribution in [-0.2, 0) is 0 Å². The fourth-order valence-corrected chi connectivity index (χ4v) is 1.79. The third-order valence-corrected chi connectivity index (χ3v) is 2.53. The molecule has 0 radical (unpaired) electrons. The first-order valence-electron chi connectivity index (χ1n) is 5.13. The predicted octanol–water partition coefficient (Wildman–Crippen LogP) is 2.02. The van der Waals surface area contributed by atoms with Gasteiger partial charge in [0.05, 0.1) is 12.8 Å². The first-order chi connectivity index (χ1) is 6.70. The highest BCUT2D eigenvalue weighted by atomic mass is 16.5. The minimum atomic E-state index is 0.512. The molecule has 1 rings (SSSR count). The van der Waals surface area contributed by atoms with Gasteiger partial charge in [0.1, 0.15) is 5.75 Å². The molecule has 3 heteroatoms. The van der Waals surface area contributed by atoms with Crippen molar-refractivity contribution in [3.05, 3.63) is 18.2 Å². The molecule has 0 saturated carbocycles. The molecule has 0 aliphatic rings. The second-order valence-electron chi connectivity index (χ2n) is 3.66. The first kappa shape index (κ1) is 11.0. The standard InChI is InChI=1S/C11H18BNO/c1-4-8-12(2)9-6-5-7-10(13)11(9)14-3/h5-7H,4,8,13H2,1-3H3. The van der Waals surface area contributed by atoms with Gasteiger partial charge >= 0.3 is 0 Å². The van der Waals surface area contributed by atoms with Crippen molar-refractivity contribution < 1.29 is 4.74 Å². The van der Waals surface area contributed by atoms with E-state index in [0.29, 0.717) is 6.71 Å². The molecule has 0 amide bonds. The van der Waals surface area contributed by atoms with Crippen LogP contribution in [0.25, 0.3) is 0 Å². The molecular formula is C11H18BNO. The van der Waals surface area contributed by atoms with Crippen molar-refractivity contribution in [2.24, 2.45) is 0 Å². The van der Waals surface area contributed by atoms with Crippen molar-refractivity contribution in [3.8, 4) is 5.75 Å². The number of rotatable bonds is 4. The molecule has 0 aliphatic heterocycles. The van der Waals surface area contributed by atoms with E-state index in [0.717, 1.165) is 11.4 Å². The van der Waals surface area contributed by atoms with E-state index in [9.17, 15) is 0 Å². The maximum atomic E-state index is 5.84. The monoisotopic (exact) mass is 191 g/mol. The van der Waals surface area contributed by atoms with Crippen molar-refractivity contribution in [2.75, 3.05) is 12.8 Å². The summed E-state index contributed by atoms with van der Waals surface area (Å²) in [4.78, 5) is 0. The molecule has 0 saturated heterocycles. The van der Waals surface area contributed by atoms with Crippen LogP contribution < -0.4 is 15.9 Å². The number of hydrogen-bond donors (Lipinski definition) is 1. The SMILES string of the molecule is CCCB(C)c1cccc(N)c1OC. The van der Waals surface area contributed by atoms with E-state index < -0.39 is 0 Å². The number of anilines is 1. The molecule has 14 heavy (non-hydrogen) atoms. The molecular weight excluding hydrogens is 173 g/mol. The molecule has 76 valence electrons. The largest absolute Gasteiger partial charge is 0.495 e. The van der Waals surface area contributed by atoms with Crippen LogP contribution >= 0.6 is 0 Å². The highest BCUT2D eigenvalue weighted by Crippen LogP contribution is 2.19. The van der Waals surface area contributed by atoms with E-state index in [1.54, 1.807) is 7.11 Å². The number of nitrogens with two attached hydrogens (primary N) is 1. The third kappa shape index (κ3) is 2.22. The van der Waals surface area contributed by atoms with E-state index in [-0.39, 0.29) is 0 Å². The minimum absolute atomic E-state index is 0.512. The van der Waals surface area contributed by atoms with E-state index >= 15 is 0 Å². The molecule has 0 bridgehead atoms. The van der Waals surface area contributed by atoms with Crippen molar-refractivity contribution in [3.63, 3.8) is 0 Å². The number of benzene rings is 1. The highest BCUT2D eigenvalue weighted by molar-refractivity contribution is 6.73. The number of hydrogen-bond acceptors (Lipinski definition) is 2. The lowest BCUT2D eigenvalue weighted by Crippen LogP contribution is -2.28. The Morgan fingerprint density at radius 3 is 2.71 bits per heavy atom. The van der Waals surface area contributed by atoms with E-state index in [2.05, 4.69) is 19.8 Å². The van der Waals surface area contributed by atoms with E-state index in [1.807, 2.05) is 12.1 Å². The summed E-state index contributed by atoms with van der Waals surface area (Å²) in [5.41, 5.74) is 7.79. The Kier molecular flexibility index (Phi) is 3.87. The lowest BCUT2D eigenvalue weighted by molar-refractivity contribution is 0.420. The molecule has 2 N–H and O–H groups in total. The Hall–Kier alpha value is -1.12. The number of ether oxygens (including phenoxy) is 1. The second-order valence-corrected chi connectivity index (χ2v) is 3.66. The Morgan fingerprint density at radius 1 is 1.43 bits per heavy atom. The molecule has 0 aliphatic carbocycles. The van der Waals surface area contributed by atoms with Gasteiger partial charge in [0.25, 0.3) is 0 Å². The maximum Gasteiger partial charge on any atom is 0.177 e. The lowest BCUT2D eigenvalue weighted by Gasteiger charge is -2.14. The van der Waals surface area contributed by atoms with Crippen molar-refractivity contribution in [1.82, 2.24) is 0 Å². The summed E-state index contributed by atoms with van der Waals surface area (Å²) in [6.45, 7) is 4.91. The average Bonchev–Trinajstić information content (AvgIpc) is 2.17. The van der Waals surface area contributed by atoms with Gasteiger partial charge in [-0.1, -0.05) is 38.6 Å². The molecule has 0 spiro atoms. The van der Waals surface area contributed by atoms with Crippen LogP contribution in [0.1, 0.15) is 13.3 Å². The third-order valence-electron chi connectivity index (χ3n) is 2.53. The topological polar surface area (TPSA) is 35.2 Å². The molecule has 0 heterocycles. The number of para-hydroxylation sites is 1. The molecule has 0 fully saturated rings. The highest BCUT2D eigenvalue weighted by Gasteiger charge is 2.15. The molecule has 0 unspecified atom stereocenters. The molecule has 2 nitrogen and oxygen atoms in total. The van der Waals surface area contributed by atoms with Gasteiger partial charge in [-0.05, 0) is 11.5 Å². The smallest absolute Gasteiger partial charge is 0.177 e. The average molecular weight is 191 g/mol. The Morgan fingerprint density at radius 2 is 2.14 bits per heavy atom. The number of nitrogen functional groups attached to an aromatic ring is 1. The Balaban J connectivity index is 3.00. The molecule has 0 atom stereocenters.